The van der Waals surface area contributed by atoms with E-state index in [4.69, 9.17) is 16.7 Å². The molecule has 2 rings (SSSR count). The highest BCUT2D eigenvalue weighted by atomic mass is 79.9. The second-order valence-electron chi connectivity index (χ2n) is 3.66. The lowest BCUT2D eigenvalue weighted by atomic mass is 10.0. The van der Waals surface area contributed by atoms with Crippen molar-refractivity contribution in [3.8, 4) is 11.1 Å². The summed E-state index contributed by atoms with van der Waals surface area (Å²) in [6, 6.07) is 8.69. The summed E-state index contributed by atoms with van der Waals surface area (Å²) in [6.07, 6.45) is 0. The molecule has 1 N–H and O–H groups in total. The van der Waals surface area contributed by atoms with Gasteiger partial charge in [-0.1, -0.05) is 27.5 Å². The molecule has 0 saturated heterocycles. The van der Waals surface area contributed by atoms with Gasteiger partial charge in [0, 0.05) is 15.1 Å². The molecule has 0 unspecified atom stereocenters. The van der Waals surface area contributed by atoms with Crippen LogP contribution in [0.3, 0.4) is 0 Å². The van der Waals surface area contributed by atoms with Gasteiger partial charge in [-0.25, -0.2) is 9.18 Å². The zero-order valence-corrected chi connectivity index (χ0v) is 11.3. The van der Waals surface area contributed by atoms with Crippen molar-refractivity contribution in [1.82, 2.24) is 0 Å². The molecule has 0 atom stereocenters. The molecule has 2 aromatic carbocycles. The molecule has 0 aliphatic carbocycles. The van der Waals surface area contributed by atoms with Crippen molar-refractivity contribution < 1.29 is 14.3 Å². The number of hydrogen-bond donors (Lipinski definition) is 1. The normalized spacial score (nSPS) is 10.4. The minimum absolute atomic E-state index is 0.0249. The van der Waals surface area contributed by atoms with Crippen LogP contribution in [0, 0.1) is 5.82 Å². The Hall–Kier alpha value is -1.39. The van der Waals surface area contributed by atoms with Crippen LogP contribution in [0.1, 0.15) is 10.4 Å². The maximum atomic E-state index is 13.7. The lowest BCUT2D eigenvalue weighted by molar-refractivity contribution is 0.0697. The van der Waals surface area contributed by atoms with E-state index in [0.29, 0.717) is 15.6 Å². The Morgan fingerprint density at radius 1 is 1.22 bits per heavy atom. The zero-order valence-electron chi connectivity index (χ0n) is 8.95. The first-order chi connectivity index (χ1) is 8.47. The fraction of sp³-hybridized carbons (Fsp3) is 0. The Kier molecular flexibility index (Phi) is 3.68. The van der Waals surface area contributed by atoms with Gasteiger partial charge in [-0.2, -0.15) is 0 Å². The molecule has 2 aromatic rings. The third-order valence-corrected chi connectivity index (χ3v) is 3.10. The lowest BCUT2D eigenvalue weighted by Gasteiger charge is -2.06. The van der Waals surface area contributed by atoms with Gasteiger partial charge in [-0.05, 0) is 42.0 Å². The largest absolute Gasteiger partial charge is 0.478 e. The first-order valence-electron chi connectivity index (χ1n) is 4.96. The maximum Gasteiger partial charge on any atom is 0.335 e. The van der Waals surface area contributed by atoms with Crippen LogP contribution in [-0.2, 0) is 0 Å². The number of carboxylic acid groups (broad SMARTS) is 1. The molecule has 18 heavy (non-hydrogen) atoms. The van der Waals surface area contributed by atoms with Gasteiger partial charge in [0.05, 0.1) is 5.56 Å². The molecule has 0 aliphatic heterocycles. The van der Waals surface area contributed by atoms with Crippen LogP contribution in [0.15, 0.2) is 40.9 Å². The van der Waals surface area contributed by atoms with Crippen LogP contribution < -0.4 is 0 Å². The SMILES string of the molecule is O=C(O)c1cc(Cl)cc(-c2cc(Br)ccc2F)c1. The average Bonchev–Trinajstić information content (AvgIpc) is 2.31. The number of aromatic carboxylic acids is 1. The summed E-state index contributed by atoms with van der Waals surface area (Å²) in [5, 5.41) is 9.20. The van der Waals surface area contributed by atoms with Crippen molar-refractivity contribution in [1.29, 1.82) is 0 Å². The van der Waals surface area contributed by atoms with Crippen molar-refractivity contribution in [3.05, 3.63) is 57.3 Å². The van der Waals surface area contributed by atoms with Crippen molar-refractivity contribution in [3.63, 3.8) is 0 Å². The zero-order chi connectivity index (χ0) is 13.3. The van der Waals surface area contributed by atoms with Crippen molar-refractivity contribution in [2.75, 3.05) is 0 Å². The number of carbonyl (C=O) groups is 1. The summed E-state index contributed by atoms with van der Waals surface area (Å²) in [7, 11) is 0. The lowest BCUT2D eigenvalue weighted by Crippen LogP contribution is -1.97. The van der Waals surface area contributed by atoms with Crippen molar-refractivity contribution in [2.45, 2.75) is 0 Å². The highest BCUT2D eigenvalue weighted by Gasteiger charge is 2.11. The fourth-order valence-corrected chi connectivity index (χ4v) is 2.18. The Bertz CT molecular complexity index is 628. The first-order valence-corrected chi connectivity index (χ1v) is 6.14. The van der Waals surface area contributed by atoms with Crippen LogP contribution in [0.4, 0.5) is 4.39 Å². The van der Waals surface area contributed by atoms with Gasteiger partial charge in [0.15, 0.2) is 0 Å². The predicted octanol–water partition coefficient (Wildman–Crippen LogP) is 4.61. The number of hydrogen-bond acceptors (Lipinski definition) is 1. The maximum absolute atomic E-state index is 13.7. The van der Waals surface area contributed by atoms with Crippen LogP contribution in [0.5, 0.6) is 0 Å². The summed E-state index contributed by atoms with van der Waals surface area (Å²) in [6.45, 7) is 0. The molecule has 2 nitrogen and oxygen atoms in total. The third kappa shape index (κ3) is 2.71. The minimum atomic E-state index is -1.10. The van der Waals surface area contributed by atoms with E-state index in [1.54, 1.807) is 12.1 Å². The van der Waals surface area contributed by atoms with Crippen LogP contribution in [-0.4, -0.2) is 11.1 Å². The summed E-state index contributed by atoms with van der Waals surface area (Å²) in [4.78, 5) is 10.9. The number of rotatable bonds is 2. The van der Waals surface area contributed by atoms with E-state index in [1.807, 2.05) is 0 Å². The summed E-state index contributed by atoms with van der Waals surface area (Å²) in [5.41, 5.74) is 0.755. The van der Waals surface area contributed by atoms with Gasteiger partial charge < -0.3 is 5.11 Å². The van der Waals surface area contributed by atoms with E-state index >= 15 is 0 Å². The van der Waals surface area contributed by atoms with Crippen LogP contribution >= 0.6 is 27.5 Å². The number of carboxylic acids is 1. The van der Waals surface area contributed by atoms with E-state index in [-0.39, 0.29) is 10.6 Å². The molecule has 0 aliphatic rings. The standard InChI is InChI=1S/C13H7BrClFO2/c14-9-1-2-12(16)11(6-9)7-3-8(13(17)18)5-10(15)4-7/h1-6H,(H,17,18). The smallest absolute Gasteiger partial charge is 0.335 e. The monoisotopic (exact) mass is 328 g/mol. The van der Waals surface area contributed by atoms with E-state index in [1.165, 1.54) is 24.3 Å². The third-order valence-electron chi connectivity index (χ3n) is 2.38. The highest BCUT2D eigenvalue weighted by molar-refractivity contribution is 9.10. The molecule has 0 bridgehead atoms. The predicted molar refractivity (Wildman–Crippen MR) is 71.5 cm³/mol. The molecule has 0 saturated carbocycles. The van der Waals surface area contributed by atoms with E-state index in [0.717, 1.165) is 0 Å². The second kappa shape index (κ2) is 5.08. The fourth-order valence-electron chi connectivity index (χ4n) is 1.59. The van der Waals surface area contributed by atoms with E-state index in [9.17, 15) is 9.18 Å². The quantitative estimate of drug-likeness (QED) is 0.874. The minimum Gasteiger partial charge on any atom is -0.478 e. The molecular formula is C13H7BrClFO2. The van der Waals surface area contributed by atoms with E-state index < -0.39 is 11.8 Å². The molecule has 0 spiro atoms. The summed E-state index contributed by atoms with van der Waals surface area (Å²) < 4.78 is 14.4. The Labute approximate surface area is 116 Å². The van der Waals surface area contributed by atoms with Crippen LogP contribution in [0.25, 0.3) is 11.1 Å². The Morgan fingerprint density at radius 2 is 1.94 bits per heavy atom. The Balaban J connectivity index is 2.63. The first kappa shape index (κ1) is 13.1. The van der Waals surface area contributed by atoms with Gasteiger partial charge in [-0.3, -0.25) is 0 Å². The van der Waals surface area contributed by atoms with Crippen molar-refractivity contribution >= 4 is 33.5 Å². The van der Waals surface area contributed by atoms with Gasteiger partial charge in [0.1, 0.15) is 5.82 Å². The average molecular weight is 330 g/mol. The van der Waals surface area contributed by atoms with Crippen molar-refractivity contribution in [2.24, 2.45) is 0 Å². The molecule has 0 aromatic heterocycles. The number of benzene rings is 2. The molecule has 5 heteroatoms. The molecule has 0 fully saturated rings. The molecule has 92 valence electrons. The van der Waals surface area contributed by atoms with Gasteiger partial charge in [-0.15, -0.1) is 0 Å². The topological polar surface area (TPSA) is 37.3 Å². The van der Waals surface area contributed by atoms with Gasteiger partial charge in [0.2, 0.25) is 0 Å². The Morgan fingerprint density at radius 3 is 2.61 bits per heavy atom. The number of halogens is 3. The molecule has 0 heterocycles. The molecule has 0 amide bonds. The van der Waals surface area contributed by atoms with Gasteiger partial charge >= 0.3 is 5.97 Å². The molecule has 0 radical (unpaired) electrons. The highest BCUT2D eigenvalue weighted by Crippen LogP contribution is 2.29. The van der Waals surface area contributed by atoms with Crippen LogP contribution in [0.2, 0.25) is 5.02 Å². The van der Waals surface area contributed by atoms with Gasteiger partial charge in [0.25, 0.3) is 0 Å². The summed E-state index contributed by atoms with van der Waals surface area (Å²) >= 11 is 9.08. The molecular weight excluding hydrogens is 322 g/mol. The van der Waals surface area contributed by atoms with E-state index in [2.05, 4.69) is 15.9 Å². The second-order valence-corrected chi connectivity index (χ2v) is 5.01. The summed E-state index contributed by atoms with van der Waals surface area (Å²) in [5.74, 6) is -1.54.